The topological polar surface area (TPSA) is 62.2 Å². The van der Waals surface area contributed by atoms with Gasteiger partial charge in [-0.2, -0.15) is 0 Å². The summed E-state index contributed by atoms with van der Waals surface area (Å²) in [6, 6.07) is 0. The van der Waals surface area contributed by atoms with Gasteiger partial charge in [0.2, 0.25) is 0 Å². The minimum absolute atomic E-state index is 0.206. The number of carbonyl (C=O) groups is 1. The average Bonchev–Trinajstić information content (AvgIpc) is 3.06. The van der Waals surface area contributed by atoms with Crippen LogP contribution in [0.15, 0.2) is 0 Å². The van der Waals surface area contributed by atoms with E-state index < -0.39 is 6.10 Å². The lowest BCUT2D eigenvalue weighted by Gasteiger charge is -2.43. The van der Waals surface area contributed by atoms with Crippen molar-refractivity contribution < 1.29 is 19.4 Å². The molecule has 150 valence electrons. The van der Waals surface area contributed by atoms with E-state index in [-0.39, 0.29) is 23.0 Å². The zero-order valence-electron chi connectivity index (χ0n) is 16.9. The number of β-amino-alcohol motifs (C(OH)–C–C–N with tert-alkyl or cyclic N) is 1. The zero-order valence-corrected chi connectivity index (χ0v) is 16.9. The van der Waals surface area contributed by atoms with Crippen molar-refractivity contribution in [1.82, 2.24) is 9.80 Å². The van der Waals surface area contributed by atoms with Crippen LogP contribution in [-0.2, 0) is 9.47 Å². The Morgan fingerprint density at radius 3 is 2.50 bits per heavy atom. The summed E-state index contributed by atoms with van der Waals surface area (Å²) in [5, 5.41) is 10.5. The van der Waals surface area contributed by atoms with Crippen molar-refractivity contribution in [3.8, 4) is 0 Å². The van der Waals surface area contributed by atoms with Gasteiger partial charge in [0.1, 0.15) is 0 Å². The molecule has 3 aliphatic rings. The molecule has 0 aromatic carbocycles. The van der Waals surface area contributed by atoms with Crippen molar-refractivity contribution in [2.45, 2.75) is 59.2 Å². The standard InChI is InChI=1S/C20H36N2O4/c1-5-25-18(24)22-10-8-21(9-11-22)13-16(23)14-26-17-19(2,3)15-6-7-20(17,4)12-15/h15-17,23H,5-14H2,1-4H3/t15-,16+,17-,20-/m0/s1. The summed E-state index contributed by atoms with van der Waals surface area (Å²) in [5.74, 6) is 0.755. The molecule has 1 aliphatic heterocycles. The van der Waals surface area contributed by atoms with E-state index in [9.17, 15) is 9.90 Å². The first-order chi connectivity index (χ1) is 12.3. The Balaban J connectivity index is 1.41. The molecule has 3 fully saturated rings. The molecular formula is C20H36N2O4. The number of carbonyl (C=O) groups excluding carboxylic acids is 1. The van der Waals surface area contributed by atoms with Crippen LogP contribution in [0.2, 0.25) is 0 Å². The Morgan fingerprint density at radius 1 is 1.23 bits per heavy atom. The summed E-state index contributed by atoms with van der Waals surface area (Å²) < 4.78 is 11.3. The van der Waals surface area contributed by atoms with Crippen LogP contribution in [0.5, 0.6) is 0 Å². The molecule has 1 amide bonds. The van der Waals surface area contributed by atoms with Gasteiger partial charge >= 0.3 is 6.09 Å². The number of nitrogens with zero attached hydrogens (tertiary/aromatic N) is 2. The second-order valence-corrected chi connectivity index (χ2v) is 9.27. The largest absolute Gasteiger partial charge is 0.450 e. The predicted molar refractivity (Wildman–Crippen MR) is 100 cm³/mol. The molecule has 0 aromatic rings. The molecule has 1 heterocycles. The first-order valence-corrected chi connectivity index (χ1v) is 10.2. The summed E-state index contributed by atoms with van der Waals surface area (Å²) in [5.41, 5.74) is 0.483. The summed E-state index contributed by atoms with van der Waals surface area (Å²) in [4.78, 5) is 15.7. The summed E-state index contributed by atoms with van der Waals surface area (Å²) in [7, 11) is 0. The normalized spacial score (nSPS) is 34.9. The highest BCUT2D eigenvalue weighted by Gasteiger charge is 2.60. The average molecular weight is 369 g/mol. The van der Waals surface area contributed by atoms with Crippen LogP contribution in [0.3, 0.4) is 0 Å². The summed E-state index contributed by atoms with van der Waals surface area (Å²) >= 11 is 0. The van der Waals surface area contributed by atoms with Gasteiger partial charge < -0.3 is 19.5 Å². The molecule has 6 nitrogen and oxygen atoms in total. The molecule has 0 aromatic heterocycles. The summed E-state index contributed by atoms with van der Waals surface area (Å²) in [6.07, 6.45) is 3.35. The fraction of sp³-hybridized carbons (Fsp3) is 0.950. The molecule has 2 bridgehead atoms. The number of ether oxygens (including phenoxy) is 2. The van der Waals surface area contributed by atoms with Crippen LogP contribution >= 0.6 is 0 Å². The first kappa shape index (κ1) is 19.9. The van der Waals surface area contributed by atoms with Crippen LogP contribution in [-0.4, -0.2) is 79.1 Å². The van der Waals surface area contributed by atoms with Crippen molar-refractivity contribution in [1.29, 1.82) is 0 Å². The second kappa shape index (κ2) is 7.64. The van der Waals surface area contributed by atoms with Crippen molar-refractivity contribution in [3.05, 3.63) is 0 Å². The van der Waals surface area contributed by atoms with E-state index in [1.54, 1.807) is 4.90 Å². The van der Waals surface area contributed by atoms with E-state index in [4.69, 9.17) is 9.47 Å². The Bertz CT molecular complexity index is 499. The van der Waals surface area contributed by atoms with Gasteiger partial charge in [0.15, 0.2) is 0 Å². The highest BCUT2D eigenvalue weighted by molar-refractivity contribution is 5.67. The van der Waals surface area contributed by atoms with Gasteiger partial charge in [-0.1, -0.05) is 20.8 Å². The molecule has 2 aliphatic carbocycles. The molecule has 0 radical (unpaired) electrons. The number of piperazine rings is 1. The molecular weight excluding hydrogens is 332 g/mol. The molecule has 1 N–H and O–H groups in total. The number of aliphatic hydroxyl groups is 1. The third-order valence-electron chi connectivity index (χ3n) is 6.96. The van der Waals surface area contributed by atoms with Gasteiger partial charge in [0.05, 0.1) is 25.4 Å². The van der Waals surface area contributed by atoms with Gasteiger partial charge in [-0.15, -0.1) is 0 Å². The van der Waals surface area contributed by atoms with E-state index in [0.717, 1.165) is 19.0 Å². The van der Waals surface area contributed by atoms with E-state index >= 15 is 0 Å². The van der Waals surface area contributed by atoms with E-state index in [2.05, 4.69) is 25.7 Å². The van der Waals surface area contributed by atoms with Crippen molar-refractivity contribution in [2.75, 3.05) is 45.9 Å². The van der Waals surface area contributed by atoms with Crippen LogP contribution in [0.1, 0.15) is 47.0 Å². The van der Waals surface area contributed by atoms with E-state index in [1.807, 2.05) is 6.92 Å². The fourth-order valence-electron chi connectivity index (χ4n) is 5.56. The maximum atomic E-state index is 11.7. The van der Waals surface area contributed by atoms with Crippen molar-refractivity contribution in [3.63, 3.8) is 0 Å². The van der Waals surface area contributed by atoms with Gasteiger partial charge in [0, 0.05) is 32.7 Å². The molecule has 26 heavy (non-hydrogen) atoms. The minimum atomic E-state index is -0.484. The number of hydrogen-bond acceptors (Lipinski definition) is 5. The van der Waals surface area contributed by atoms with Crippen LogP contribution < -0.4 is 0 Å². The minimum Gasteiger partial charge on any atom is -0.450 e. The number of rotatable bonds is 6. The zero-order chi connectivity index (χ0) is 18.9. The molecule has 6 heteroatoms. The first-order valence-electron chi connectivity index (χ1n) is 10.2. The summed E-state index contributed by atoms with van der Waals surface area (Å²) in [6.45, 7) is 13.1. The number of hydrogen-bond donors (Lipinski definition) is 1. The maximum absolute atomic E-state index is 11.7. The van der Waals surface area contributed by atoms with Gasteiger partial charge in [-0.25, -0.2) is 4.79 Å². The SMILES string of the molecule is CCOC(=O)N1CCN(C[C@@H](O)CO[C@H]2C(C)(C)[C@H]3CC[C@@]2(C)C3)CC1. The predicted octanol–water partition coefficient (Wildman–Crippen LogP) is 2.35. The Hall–Kier alpha value is -0.850. The third-order valence-corrected chi connectivity index (χ3v) is 6.96. The maximum Gasteiger partial charge on any atom is 0.409 e. The smallest absolute Gasteiger partial charge is 0.409 e. The number of amides is 1. The lowest BCUT2D eigenvalue weighted by molar-refractivity contribution is -0.114. The fourth-order valence-corrected chi connectivity index (χ4v) is 5.56. The highest BCUT2D eigenvalue weighted by Crippen LogP contribution is 2.63. The third kappa shape index (κ3) is 3.87. The second-order valence-electron chi connectivity index (χ2n) is 9.27. The van der Waals surface area contributed by atoms with Gasteiger partial charge in [0.25, 0.3) is 0 Å². The Labute approximate surface area is 157 Å². The van der Waals surface area contributed by atoms with E-state index in [0.29, 0.717) is 32.8 Å². The monoisotopic (exact) mass is 368 g/mol. The molecule has 2 saturated carbocycles. The molecule has 4 atom stereocenters. The Kier molecular flexibility index (Phi) is 5.85. The van der Waals surface area contributed by atoms with E-state index in [1.165, 1.54) is 19.3 Å². The lowest BCUT2D eigenvalue weighted by atomic mass is 9.70. The molecule has 0 unspecified atom stereocenters. The van der Waals surface area contributed by atoms with Gasteiger partial charge in [-0.05, 0) is 42.9 Å². The number of fused-ring (bicyclic) bond motifs is 2. The molecule has 1 saturated heterocycles. The van der Waals surface area contributed by atoms with Crippen LogP contribution in [0, 0.1) is 16.7 Å². The van der Waals surface area contributed by atoms with Gasteiger partial charge in [-0.3, -0.25) is 4.90 Å². The lowest BCUT2D eigenvalue weighted by Crippen LogP contribution is -2.51. The van der Waals surface area contributed by atoms with Crippen LogP contribution in [0.25, 0.3) is 0 Å². The van der Waals surface area contributed by atoms with Crippen LogP contribution in [0.4, 0.5) is 4.79 Å². The molecule has 0 spiro atoms. The quantitative estimate of drug-likeness (QED) is 0.780. The van der Waals surface area contributed by atoms with Crippen molar-refractivity contribution >= 4 is 6.09 Å². The Morgan fingerprint density at radius 2 is 1.92 bits per heavy atom. The molecule has 3 rings (SSSR count). The van der Waals surface area contributed by atoms with Crippen molar-refractivity contribution in [2.24, 2.45) is 16.7 Å². The highest BCUT2D eigenvalue weighted by atomic mass is 16.6. The number of aliphatic hydroxyl groups excluding tert-OH is 1.